The molecule has 0 bridgehead atoms. The van der Waals surface area contributed by atoms with E-state index in [0.29, 0.717) is 12.1 Å². The Bertz CT molecular complexity index is 499. The van der Waals surface area contributed by atoms with Crippen molar-refractivity contribution in [2.75, 3.05) is 71.5 Å². The van der Waals surface area contributed by atoms with Crippen molar-refractivity contribution in [1.29, 1.82) is 0 Å². The van der Waals surface area contributed by atoms with Crippen molar-refractivity contribution in [3.05, 3.63) is 29.8 Å². The van der Waals surface area contributed by atoms with E-state index < -0.39 is 0 Å². The number of morpholine rings is 1. The molecule has 2 heterocycles. The number of nitrogens with zero attached hydrogens (tertiary/aromatic N) is 3. The van der Waals surface area contributed by atoms with Gasteiger partial charge in [-0.3, -0.25) is 9.80 Å². The third-order valence-corrected chi connectivity index (χ3v) is 5.28. The van der Waals surface area contributed by atoms with Gasteiger partial charge in [-0.2, -0.15) is 0 Å². The standard InChI is InChI=1S/C19H32N4O/c1-16-14-20-8-9-23(16)19(15-22-10-12-24-13-11-22)17-4-6-18(7-5-17)21(2)3/h4-7,16,19-20H,8-15H2,1-3H3. The van der Waals surface area contributed by atoms with Crippen LogP contribution in [0, 0.1) is 0 Å². The second-order valence-electron chi connectivity index (χ2n) is 7.21. The van der Waals surface area contributed by atoms with E-state index in [2.05, 4.69) is 65.3 Å². The second kappa shape index (κ2) is 8.30. The number of anilines is 1. The molecule has 1 aromatic carbocycles. The van der Waals surface area contributed by atoms with Crippen LogP contribution in [-0.2, 0) is 4.74 Å². The molecule has 0 amide bonds. The van der Waals surface area contributed by atoms with Gasteiger partial charge in [0.2, 0.25) is 0 Å². The van der Waals surface area contributed by atoms with Crippen molar-refractivity contribution in [1.82, 2.24) is 15.1 Å². The summed E-state index contributed by atoms with van der Waals surface area (Å²) in [6.45, 7) is 10.5. The van der Waals surface area contributed by atoms with Gasteiger partial charge < -0.3 is 15.0 Å². The monoisotopic (exact) mass is 332 g/mol. The van der Waals surface area contributed by atoms with Gasteiger partial charge in [-0.1, -0.05) is 12.1 Å². The molecular formula is C19H32N4O. The summed E-state index contributed by atoms with van der Waals surface area (Å²) in [6.07, 6.45) is 0. The molecule has 2 saturated heterocycles. The van der Waals surface area contributed by atoms with E-state index in [0.717, 1.165) is 52.5 Å². The molecule has 134 valence electrons. The van der Waals surface area contributed by atoms with Crippen LogP contribution in [0.15, 0.2) is 24.3 Å². The largest absolute Gasteiger partial charge is 0.379 e. The van der Waals surface area contributed by atoms with Gasteiger partial charge in [-0.25, -0.2) is 0 Å². The summed E-state index contributed by atoms with van der Waals surface area (Å²) in [4.78, 5) is 7.40. The average molecular weight is 332 g/mol. The Labute approximate surface area is 146 Å². The quantitative estimate of drug-likeness (QED) is 0.881. The molecule has 0 saturated carbocycles. The maximum absolute atomic E-state index is 5.52. The smallest absolute Gasteiger partial charge is 0.0594 e. The van der Waals surface area contributed by atoms with Crippen LogP contribution in [0.25, 0.3) is 0 Å². The molecule has 0 radical (unpaired) electrons. The molecule has 0 aromatic heterocycles. The molecular weight excluding hydrogens is 300 g/mol. The molecule has 5 heteroatoms. The number of hydrogen-bond donors (Lipinski definition) is 1. The zero-order chi connectivity index (χ0) is 16.9. The number of hydrogen-bond acceptors (Lipinski definition) is 5. The molecule has 0 aliphatic carbocycles. The van der Waals surface area contributed by atoms with Crippen molar-refractivity contribution in [2.45, 2.75) is 19.0 Å². The van der Waals surface area contributed by atoms with E-state index in [1.54, 1.807) is 0 Å². The first-order chi connectivity index (χ1) is 11.6. The molecule has 3 rings (SSSR count). The van der Waals surface area contributed by atoms with Crippen LogP contribution in [0.5, 0.6) is 0 Å². The van der Waals surface area contributed by atoms with Gasteiger partial charge in [-0.15, -0.1) is 0 Å². The van der Waals surface area contributed by atoms with E-state index in [9.17, 15) is 0 Å². The lowest BCUT2D eigenvalue weighted by Crippen LogP contribution is -2.53. The van der Waals surface area contributed by atoms with Gasteiger partial charge in [0.15, 0.2) is 0 Å². The van der Waals surface area contributed by atoms with Crippen LogP contribution in [0.3, 0.4) is 0 Å². The summed E-state index contributed by atoms with van der Waals surface area (Å²) >= 11 is 0. The minimum atomic E-state index is 0.455. The molecule has 24 heavy (non-hydrogen) atoms. The fourth-order valence-corrected chi connectivity index (χ4v) is 3.74. The Morgan fingerprint density at radius 3 is 2.50 bits per heavy atom. The van der Waals surface area contributed by atoms with Crippen LogP contribution < -0.4 is 10.2 Å². The fraction of sp³-hybridized carbons (Fsp3) is 0.684. The third kappa shape index (κ3) is 4.28. The Balaban J connectivity index is 1.79. The highest BCUT2D eigenvalue weighted by Crippen LogP contribution is 2.27. The van der Waals surface area contributed by atoms with E-state index in [4.69, 9.17) is 4.74 Å². The van der Waals surface area contributed by atoms with E-state index >= 15 is 0 Å². The van der Waals surface area contributed by atoms with Crippen LogP contribution in [0.2, 0.25) is 0 Å². The maximum atomic E-state index is 5.52. The summed E-state index contributed by atoms with van der Waals surface area (Å²) in [5.74, 6) is 0. The minimum Gasteiger partial charge on any atom is -0.379 e. The predicted molar refractivity (Wildman–Crippen MR) is 99.8 cm³/mol. The third-order valence-electron chi connectivity index (χ3n) is 5.28. The number of ether oxygens (including phenoxy) is 1. The number of piperazine rings is 1. The topological polar surface area (TPSA) is 31.0 Å². The number of nitrogens with one attached hydrogen (secondary N) is 1. The summed E-state index contributed by atoms with van der Waals surface area (Å²) in [6, 6.07) is 10.1. The van der Waals surface area contributed by atoms with Crippen LogP contribution in [0.4, 0.5) is 5.69 Å². The highest BCUT2D eigenvalue weighted by atomic mass is 16.5. The molecule has 2 unspecified atom stereocenters. The molecule has 2 fully saturated rings. The molecule has 0 spiro atoms. The highest BCUT2D eigenvalue weighted by molar-refractivity contribution is 5.46. The van der Waals surface area contributed by atoms with Gasteiger partial charge in [0.05, 0.1) is 13.2 Å². The van der Waals surface area contributed by atoms with Gasteiger partial charge in [-0.05, 0) is 24.6 Å². The van der Waals surface area contributed by atoms with Crippen LogP contribution in [0.1, 0.15) is 18.5 Å². The molecule has 2 atom stereocenters. The molecule has 2 aliphatic rings. The summed E-state index contributed by atoms with van der Waals surface area (Å²) < 4.78 is 5.52. The first-order valence-electron chi connectivity index (χ1n) is 9.19. The van der Waals surface area contributed by atoms with Gasteiger partial charge in [0.25, 0.3) is 0 Å². The Morgan fingerprint density at radius 2 is 1.88 bits per heavy atom. The Morgan fingerprint density at radius 1 is 1.17 bits per heavy atom. The summed E-state index contributed by atoms with van der Waals surface area (Å²) in [7, 11) is 4.19. The minimum absolute atomic E-state index is 0.455. The van der Waals surface area contributed by atoms with Crippen molar-refractivity contribution in [3.63, 3.8) is 0 Å². The van der Waals surface area contributed by atoms with Crippen molar-refractivity contribution >= 4 is 5.69 Å². The highest BCUT2D eigenvalue weighted by Gasteiger charge is 2.29. The molecule has 5 nitrogen and oxygen atoms in total. The van der Waals surface area contributed by atoms with E-state index in [-0.39, 0.29) is 0 Å². The van der Waals surface area contributed by atoms with Crippen molar-refractivity contribution in [3.8, 4) is 0 Å². The van der Waals surface area contributed by atoms with Gasteiger partial charge in [0, 0.05) is 71.1 Å². The maximum Gasteiger partial charge on any atom is 0.0594 e. The lowest BCUT2D eigenvalue weighted by atomic mass is 10.0. The summed E-state index contributed by atoms with van der Waals surface area (Å²) in [5, 5.41) is 3.52. The Kier molecular flexibility index (Phi) is 6.11. The summed E-state index contributed by atoms with van der Waals surface area (Å²) in [5.41, 5.74) is 2.69. The lowest BCUT2D eigenvalue weighted by molar-refractivity contribution is 0.0138. The first-order valence-corrected chi connectivity index (χ1v) is 9.19. The Hall–Kier alpha value is -1.14. The zero-order valence-electron chi connectivity index (χ0n) is 15.4. The van der Waals surface area contributed by atoms with E-state index in [1.165, 1.54) is 11.3 Å². The van der Waals surface area contributed by atoms with Gasteiger partial charge >= 0.3 is 0 Å². The molecule has 2 aliphatic heterocycles. The normalized spacial score (nSPS) is 24.7. The second-order valence-corrected chi connectivity index (χ2v) is 7.21. The van der Waals surface area contributed by atoms with Gasteiger partial charge in [0.1, 0.15) is 0 Å². The van der Waals surface area contributed by atoms with Crippen molar-refractivity contribution in [2.24, 2.45) is 0 Å². The zero-order valence-corrected chi connectivity index (χ0v) is 15.4. The first kappa shape index (κ1) is 17.7. The van der Waals surface area contributed by atoms with Crippen LogP contribution >= 0.6 is 0 Å². The molecule has 1 N–H and O–H groups in total. The SMILES string of the molecule is CC1CNCCN1C(CN1CCOCC1)c1ccc(N(C)C)cc1. The number of benzene rings is 1. The fourth-order valence-electron chi connectivity index (χ4n) is 3.74. The number of rotatable bonds is 5. The lowest BCUT2D eigenvalue weighted by Gasteiger charge is -2.42. The average Bonchev–Trinajstić information content (AvgIpc) is 2.61. The predicted octanol–water partition coefficient (Wildman–Crippen LogP) is 1.42. The van der Waals surface area contributed by atoms with Crippen molar-refractivity contribution < 1.29 is 4.74 Å². The molecule has 1 aromatic rings. The van der Waals surface area contributed by atoms with Crippen LogP contribution in [-0.4, -0.2) is 82.4 Å². The van der Waals surface area contributed by atoms with E-state index in [1.807, 2.05) is 0 Å².